The van der Waals surface area contributed by atoms with Crippen molar-refractivity contribution in [1.29, 1.82) is 0 Å². The lowest BCUT2D eigenvalue weighted by Gasteiger charge is -2.24. The van der Waals surface area contributed by atoms with Crippen LogP contribution in [0.5, 0.6) is 0 Å². The summed E-state index contributed by atoms with van der Waals surface area (Å²) in [7, 11) is 0. The number of aliphatic hydroxyl groups excluding tert-OH is 2. The number of carbonyl (C=O) groups excluding carboxylic acids is 2. The summed E-state index contributed by atoms with van der Waals surface area (Å²) in [5.41, 5.74) is 0. The van der Waals surface area contributed by atoms with Crippen LogP contribution in [0.1, 0.15) is 252 Å². The zero-order valence-corrected chi connectivity index (χ0v) is 43.8. The fourth-order valence-electron chi connectivity index (χ4n) is 8.09. The number of allylic oxidation sites excluding steroid dienone is 16. The van der Waals surface area contributed by atoms with Crippen molar-refractivity contribution in [2.75, 3.05) is 6.61 Å². The highest BCUT2D eigenvalue weighted by atomic mass is 16.5. The quantitative estimate of drug-likeness (QED) is 0.0244. The van der Waals surface area contributed by atoms with Crippen molar-refractivity contribution in [1.82, 2.24) is 5.32 Å². The Kier molecular flexibility index (Phi) is 51.1. The fraction of sp³-hybridized carbons (Fsp3) is 0.705. The zero-order chi connectivity index (χ0) is 48.8. The zero-order valence-electron chi connectivity index (χ0n) is 43.8. The molecule has 0 aliphatic rings. The topological polar surface area (TPSA) is 95.9 Å². The Morgan fingerprint density at radius 2 is 0.881 bits per heavy atom. The number of ether oxygens (including phenoxy) is 1. The molecule has 0 fully saturated rings. The number of nitrogens with one attached hydrogen (secondary N) is 1. The van der Waals surface area contributed by atoms with Gasteiger partial charge in [-0.05, 0) is 70.6 Å². The normalized spacial score (nSPS) is 13.9. The van der Waals surface area contributed by atoms with Gasteiger partial charge in [0.2, 0.25) is 5.91 Å². The molecule has 0 spiro atoms. The molecule has 3 atom stereocenters. The molecule has 0 saturated heterocycles. The number of hydrogen-bond acceptors (Lipinski definition) is 5. The predicted octanol–water partition coefficient (Wildman–Crippen LogP) is 17.3. The number of rotatable bonds is 49. The van der Waals surface area contributed by atoms with Gasteiger partial charge in [0, 0.05) is 6.42 Å². The van der Waals surface area contributed by atoms with Crippen molar-refractivity contribution in [2.45, 2.75) is 270 Å². The highest BCUT2D eigenvalue weighted by molar-refractivity contribution is 5.77. The van der Waals surface area contributed by atoms with Gasteiger partial charge in [0.1, 0.15) is 6.10 Å². The molecule has 0 bridgehead atoms. The summed E-state index contributed by atoms with van der Waals surface area (Å²) in [6.45, 7) is 6.30. The van der Waals surface area contributed by atoms with Crippen LogP contribution in [0.2, 0.25) is 0 Å². The van der Waals surface area contributed by atoms with Crippen molar-refractivity contribution in [3.05, 3.63) is 97.2 Å². The third-order valence-electron chi connectivity index (χ3n) is 12.3. The minimum Gasteiger partial charge on any atom is -0.462 e. The second-order valence-electron chi connectivity index (χ2n) is 18.8. The maximum atomic E-state index is 13.2. The second kappa shape index (κ2) is 53.7. The van der Waals surface area contributed by atoms with Crippen molar-refractivity contribution < 1.29 is 24.5 Å². The first-order chi connectivity index (χ1) is 33.0. The van der Waals surface area contributed by atoms with Crippen molar-refractivity contribution in [2.24, 2.45) is 0 Å². The van der Waals surface area contributed by atoms with Crippen LogP contribution < -0.4 is 5.32 Å². The van der Waals surface area contributed by atoms with E-state index in [0.29, 0.717) is 19.3 Å². The largest absolute Gasteiger partial charge is 0.462 e. The minimum absolute atomic E-state index is 0.0205. The van der Waals surface area contributed by atoms with Gasteiger partial charge in [0.25, 0.3) is 0 Å². The third-order valence-corrected chi connectivity index (χ3v) is 12.3. The van der Waals surface area contributed by atoms with Gasteiger partial charge in [0.05, 0.1) is 25.2 Å². The van der Waals surface area contributed by atoms with Gasteiger partial charge >= 0.3 is 5.97 Å². The molecule has 3 unspecified atom stereocenters. The highest BCUT2D eigenvalue weighted by Gasteiger charge is 2.24. The van der Waals surface area contributed by atoms with Crippen LogP contribution in [0.15, 0.2) is 97.2 Å². The monoisotopic (exact) mass is 932 g/mol. The first-order valence-corrected chi connectivity index (χ1v) is 28.0. The molecule has 0 aliphatic heterocycles. The van der Waals surface area contributed by atoms with Crippen molar-refractivity contribution >= 4 is 11.9 Å². The standard InChI is InChI=1S/C61H105NO5/c1-4-7-10-13-16-19-22-25-28-29-30-31-33-36-39-42-45-48-51-54-61(66)67-57(52-49-46-43-40-37-34-32-26-23-20-17-14-11-8-5-2)55-60(65)62-58(56-63)59(64)53-50-47-44-41-38-35-27-24-21-18-15-12-9-6-3/h8,11,14,16-17,19-20,23,25-26,28,32,34,37,40,43,57-59,63-64H,4-7,9-10,12-13,15,18,21-22,24,27,29-31,33,35-36,38-39,41-42,44-56H2,1-3H3,(H,62,65)/b11-8-,17-14+,19-16-,23-20+,28-25-,32-26-,37-34+,43-40+. The van der Waals surface area contributed by atoms with E-state index in [-0.39, 0.29) is 24.9 Å². The number of carbonyl (C=O) groups is 2. The molecule has 0 saturated carbocycles. The van der Waals surface area contributed by atoms with Gasteiger partial charge in [-0.25, -0.2) is 0 Å². The van der Waals surface area contributed by atoms with Gasteiger partial charge in [-0.2, -0.15) is 0 Å². The lowest BCUT2D eigenvalue weighted by Crippen LogP contribution is -2.46. The van der Waals surface area contributed by atoms with Crippen molar-refractivity contribution in [3.8, 4) is 0 Å². The summed E-state index contributed by atoms with van der Waals surface area (Å²) < 4.78 is 5.91. The van der Waals surface area contributed by atoms with E-state index in [1.807, 2.05) is 60.8 Å². The van der Waals surface area contributed by atoms with Gasteiger partial charge in [-0.1, -0.05) is 266 Å². The maximum absolute atomic E-state index is 13.2. The lowest BCUT2D eigenvalue weighted by molar-refractivity contribution is -0.151. The summed E-state index contributed by atoms with van der Waals surface area (Å²) in [4.78, 5) is 26.2. The molecule has 3 N–H and O–H groups in total. The number of hydrogen-bond donors (Lipinski definition) is 3. The summed E-state index contributed by atoms with van der Waals surface area (Å²) in [6, 6.07) is -0.732. The Bertz CT molecular complexity index is 1320. The Balaban J connectivity index is 4.68. The molecule has 0 aromatic rings. The molecule has 0 aliphatic carbocycles. The molecule has 67 heavy (non-hydrogen) atoms. The average Bonchev–Trinajstić information content (AvgIpc) is 3.32. The van der Waals surface area contributed by atoms with E-state index in [1.165, 1.54) is 141 Å². The Morgan fingerprint density at radius 3 is 1.39 bits per heavy atom. The predicted molar refractivity (Wildman–Crippen MR) is 291 cm³/mol. The summed E-state index contributed by atoms with van der Waals surface area (Å²) >= 11 is 0. The molecule has 384 valence electrons. The van der Waals surface area contributed by atoms with Crippen LogP contribution in [0, 0.1) is 0 Å². The average molecular weight is 933 g/mol. The first-order valence-electron chi connectivity index (χ1n) is 28.0. The second-order valence-corrected chi connectivity index (χ2v) is 18.8. The molecule has 0 aromatic carbocycles. The summed E-state index contributed by atoms with van der Waals surface area (Å²) in [5, 5.41) is 23.8. The first kappa shape index (κ1) is 63.8. The van der Waals surface area contributed by atoms with Crippen LogP contribution >= 0.6 is 0 Å². The van der Waals surface area contributed by atoms with Gasteiger partial charge in [-0.3, -0.25) is 9.59 Å². The number of esters is 1. The van der Waals surface area contributed by atoms with E-state index in [4.69, 9.17) is 4.74 Å². The fourth-order valence-corrected chi connectivity index (χ4v) is 8.09. The van der Waals surface area contributed by atoms with Gasteiger partial charge in [0.15, 0.2) is 0 Å². The summed E-state index contributed by atoms with van der Waals surface area (Å²) in [6.07, 6.45) is 71.9. The van der Waals surface area contributed by atoms with E-state index in [2.05, 4.69) is 62.5 Å². The van der Waals surface area contributed by atoms with E-state index in [1.54, 1.807) is 0 Å². The highest BCUT2D eigenvalue weighted by Crippen LogP contribution is 2.17. The number of unbranched alkanes of at least 4 members (excludes halogenated alkanes) is 26. The van der Waals surface area contributed by atoms with Crippen molar-refractivity contribution in [3.63, 3.8) is 0 Å². The van der Waals surface area contributed by atoms with Gasteiger partial charge < -0.3 is 20.3 Å². The SMILES string of the molecule is CC\C=C/C=C/C=C/C=C\C=C\C=C\CCCC(CC(=O)NC(CO)C(O)CCCCCCCCCCCCCCCC)OC(=O)CCCCCCCCCCC/C=C\C/C=C\CCCCC. The molecule has 0 aromatic heterocycles. The summed E-state index contributed by atoms with van der Waals surface area (Å²) in [5.74, 6) is -0.555. The smallest absolute Gasteiger partial charge is 0.306 e. The molecule has 0 rings (SSSR count). The molecular weight excluding hydrogens is 827 g/mol. The molecule has 0 radical (unpaired) electrons. The van der Waals surface area contributed by atoms with Crippen LogP contribution in [0.4, 0.5) is 0 Å². The molecule has 0 heterocycles. The molecule has 6 nitrogen and oxygen atoms in total. The Morgan fingerprint density at radius 1 is 0.463 bits per heavy atom. The van der Waals surface area contributed by atoms with Crippen LogP contribution in [0.25, 0.3) is 0 Å². The van der Waals surface area contributed by atoms with E-state index in [0.717, 1.165) is 64.2 Å². The Labute approximate surface area is 414 Å². The van der Waals surface area contributed by atoms with Gasteiger partial charge in [-0.15, -0.1) is 0 Å². The van der Waals surface area contributed by atoms with Crippen LogP contribution in [-0.4, -0.2) is 46.9 Å². The van der Waals surface area contributed by atoms with E-state index < -0.39 is 18.2 Å². The van der Waals surface area contributed by atoms with Crippen LogP contribution in [0.3, 0.4) is 0 Å². The number of amides is 1. The molecular formula is C61H105NO5. The van der Waals surface area contributed by atoms with E-state index >= 15 is 0 Å². The van der Waals surface area contributed by atoms with Crippen LogP contribution in [-0.2, 0) is 14.3 Å². The minimum atomic E-state index is -0.814. The number of aliphatic hydroxyl groups is 2. The Hall–Kier alpha value is -3.22. The lowest BCUT2D eigenvalue weighted by atomic mass is 10.0. The molecule has 1 amide bonds. The van der Waals surface area contributed by atoms with E-state index in [9.17, 15) is 19.8 Å². The molecule has 6 heteroatoms. The maximum Gasteiger partial charge on any atom is 0.306 e. The third kappa shape index (κ3) is 49.0.